The summed E-state index contributed by atoms with van der Waals surface area (Å²) in [6, 6.07) is 1.63. The van der Waals surface area contributed by atoms with Gasteiger partial charge in [0, 0.05) is 6.07 Å². The Morgan fingerprint density at radius 2 is 2.60 bits per heavy atom. The molecule has 1 aromatic rings. The molecule has 1 rings (SSSR count). The molecule has 1 atom stereocenters. The van der Waals surface area contributed by atoms with E-state index in [-0.39, 0.29) is 0 Å². The van der Waals surface area contributed by atoms with Crippen molar-refractivity contribution in [3.05, 3.63) is 30.2 Å². The number of aromatic nitrogens is 1. The number of hydrogen-bond acceptors (Lipinski definition) is 3. The van der Waals surface area contributed by atoms with Crippen molar-refractivity contribution in [1.82, 2.24) is 5.16 Å². The predicted octanol–water partition coefficient (Wildman–Crippen LogP) is 1.28. The van der Waals surface area contributed by atoms with Crippen LogP contribution in [0.25, 0.3) is 0 Å². The van der Waals surface area contributed by atoms with Crippen molar-refractivity contribution in [2.24, 2.45) is 0 Å². The Morgan fingerprint density at radius 3 is 3.10 bits per heavy atom. The van der Waals surface area contributed by atoms with Crippen LogP contribution in [-0.2, 0) is 0 Å². The lowest BCUT2D eigenvalue weighted by Gasteiger charge is -1.96. The zero-order valence-corrected chi connectivity index (χ0v) is 5.69. The largest absolute Gasteiger partial charge is 0.381 e. The molecule has 0 aliphatic carbocycles. The minimum Gasteiger partial charge on any atom is -0.381 e. The second-order valence-electron chi connectivity index (χ2n) is 1.89. The van der Waals surface area contributed by atoms with Gasteiger partial charge in [0.25, 0.3) is 0 Å². The van der Waals surface area contributed by atoms with Crippen LogP contribution in [-0.4, -0.2) is 10.3 Å². The molecule has 0 bridgehead atoms. The summed E-state index contributed by atoms with van der Waals surface area (Å²) in [5.74, 6) is 0.470. The third-order valence-corrected chi connectivity index (χ3v) is 1.12. The van der Waals surface area contributed by atoms with Crippen LogP contribution in [0.15, 0.2) is 28.9 Å². The van der Waals surface area contributed by atoms with Gasteiger partial charge in [-0.05, 0) is 6.92 Å². The molecule has 1 unspecified atom stereocenters. The summed E-state index contributed by atoms with van der Waals surface area (Å²) >= 11 is 0. The number of hydrogen-bond donors (Lipinski definition) is 1. The number of aliphatic hydroxyl groups excluding tert-OH is 1. The van der Waals surface area contributed by atoms with E-state index < -0.39 is 6.10 Å². The van der Waals surface area contributed by atoms with Gasteiger partial charge in [0.15, 0.2) is 5.76 Å². The van der Waals surface area contributed by atoms with Crippen LogP contribution in [0.3, 0.4) is 0 Å². The van der Waals surface area contributed by atoms with Gasteiger partial charge in [-0.15, -0.1) is 0 Å². The Bertz CT molecular complexity index is 203. The van der Waals surface area contributed by atoms with E-state index in [1.807, 2.05) is 6.92 Å². The fourth-order valence-corrected chi connectivity index (χ4v) is 0.655. The summed E-state index contributed by atoms with van der Waals surface area (Å²) in [5.41, 5.74) is 0. The summed E-state index contributed by atoms with van der Waals surface area (Å²) in [6.07, 6.45) is 4.22. The summed E-state index contributed by atoms with van der Waals surface area (Å²) in [5, 5.41) is 12.6. The molecule has 3 heteroatoms. The summed E-state index contributed by atoms with van der Waals surface area (Å²) in [4.78, 5) is 0. The highest BCUT2D eigenvalue weighted by atomic mass is 16.5. The van der Waals surface area contributed by atoms with Crippen LogP contribution < -0.4 is 0 Å². The van der Waals surface area contributed by atoms with Crippen molar-refractivity contribution in [2.45, 2.75) is 13.0 Å². The Hall–Kier alpha value is -1.09. The molecule has 0 radical (unpaired) electrons. The lowest BCUT2D eigenvalue weighted by Crippen LogP contribution is -1.88. The first-order chi connectivity index (χ1) is 4.84. The second-order valence-corrected chi connectivity index (χ2v) is 1.89. The molecule has 0 spiro atoms. The Morgan fingerprint density at radius 1 is 1.80 bits per heavy atom. The maximum atomic E-state index is 9.19. The monoisotopic (exact) mass is 139 g/mol. The Balaban J connectivity index is 2.67. The third kappa shape index (κ3) is 1.45. The fourth-order valence-electron chi connectivity index (χ4n) is 0.655. The van der Waals surface area contributed by atoms with Gasteiger partial charge in [0.05, 0.1) is 6.20 Å². The van der Waals surface area contributed by atoms with Crippen molar-refractivity contribution in [2.75, 3.05) is 0 Å². The first-order valence-corrected chi connectivity index (χ1v) is 3.06. The molecule has 0 amide bonds. The van der Waals surface area contributed by atoms with Crippen molar-refractivity contribution in [1.29, 1.82) is 0 Å². The molecule has 0 aliphatic heterocycles. The van der Waals surface area contributed by atoms with Gasteiger partial charge in [0.1, 0.15) is 6.10 Å². The number of aliphatic hydroxyl groups is 1. The minimum absolute atomic E-state index is 0.470. The van der Waals surface area contributed by atoms with Crippen LogP contribution in [0, 0.1) is 0 Å². The zero-order valence-electron chi connectivity index (χ0n) is 5.69. The van der Waals surface area contributed by atoms with Gasteiger partial charge in [-0.3, -0.25) is 0 Å². The number of nitrogens with zero attached hydrogens (tertiary/aromatic N) is 1. The topological polar surface area (TPSA) is 46.3 Å². The summed E-state index contributed by atoms with van der Waals surface area (Å²) in [7, 11) is 0. The maximum absolute atomic E-state index is 9.19. The first-order valence-electron chi connectivity index (χ1n) is 3.06. The Labute approximate surface area is 59.0 Å². The molecule has 0 aliphatic rings. The normalized spacial score (nSPS) is 14.2. The maximum Gasteiger partial charge on any atom is 0.169 e. The number of allylic oxidation sites excluding steroid dienone is 1. The highest BCUT2D eigenvalue weighted by molar-refractivity contribution is 5.05. The fraction of sp³-hybridized carbons (Fsp3) is 0.286. The average molecular weight is 139 g/mol. The van der Waals surface area contributed by atoms with Crippen LogP contribution in [0.1, 0.15) is 18.8 Å². The van der Waals surface area contributed by atoms with E-state index in [4.69, 9.17) is 4.52 Å². The lowest BCUT2D eigenvalue weighted by atomic mass is 10.2. The smallest absolute Gasteiger partial charge is 0.169 e. The van der Waals surface area contributed by atoms with Crippen LogP contribution in [0.5, 0.6) is 0 Å². The highest BCUT2D eigenvalue weighted by Gasteiger charge is 2.05. The third-order valence-electron chi connectivity index (χ3n) is 1.12. The molecule has 0 aromatic carbocycles. The van der Waals surface area contributed by atoms with Gasteiger partial charge >= 0.3 is 0 Å². The van der Waals surface area contributed by atoms with E-state index >= 15 is 0 Å². The van der Waals surface area contributed by atoms with Crippen LogP contribution in [0.4, 0.5) is 0 Å². The van der Waals surface area contributed by atoms with Crippen LogP contribution >= 0.6 is 0 Å². The lowest BCUT2D eigenvalue weighted by molar-refractivity contribution is 0.183. The van der Waals surface area contributed by atoms with Gasteiger partial charge in [-0.2, -0.15) is 0 Å². The molecule has 0 fully saturated rings. The van der Waals surface area contributed by atoms with Gasteiger partial charge < -0.3 is 9.63 Å². The van der Waals surface area contributed by atoms with Crippen LogP contribution in [0.2, 0.25) is 0 Å². The van der Waals surface area contributed by atoms with Gasteiger partial charge in [-0.25, -0.2) is 0 Å². The molecule has 54 valence electrons. The summed E-state index contributed by atoms with van der Waals surface area (Å²) in [6.45, 7) is 1.83. The van der Waals surface area contributed by atoms with E-state index in [0.29, 0.717) is 5.76 Å². The van der Waals surface area contributed by atoms with Gasteiger partial charge in [0.2, 0.25) is 0 Å². The van der Waals surface area contributed by atoms with Crippen molar-refractivity contribution >= 4 is 0 Å². The molecule has 1 heterocycles. The predicted molar refractivity (Wildman–Crippen MR) is 36.3 cm³/mol. The van der Waals surface area contributed by atoms with E-state index in [2.05, 4.69) is 5.16 Å². The van der Waals surface area contributed by atoms with Crippen molar-refractivity contribution in [3.8, 4) is 0 Å². The SMILES string of the molecule is CC=CC(O)c1ccno1. The summed E-state index contributed by atoms with van der Waals surface area (Å²) < 4.78 is 4.70. The molecule has 10 heavy (non-hydrogen) atoms. The standard InChI is InChI=1S/C7H9NO2/c1-2-3-6(9)7-4-5-8-10-7/h2-6,9H,1H3. The van der Waals surface area contributed by atoms with Crippen molar-refractivity contribution < 1.29 is 9.63 Å². The molecule has 0 saturated heterocycles. The van der Waals surface area contributed by atoms with E-state index in [0.717, 1.165) is 0 Å². The van der Waals surface area contributed by atoms with E-state index in [9.17, 15) is 5.11 Å². The van der Waals surface area contributed by atoms with Gasteiger partial charge in [-0.1, -0.05) is 17.3 Å². The molecule has 3 nitrogen and oxygen atoms in total. The quantitative estimate of drug-likeness (QED) is 0.628. The molecule has 1 aromatic heterocycles. The first kappa shape index (κ1) is 7.02. The average Bonchev–Trinajstić information content (AvgIpc) is 2.38. The highest BCUT2D eigenvalue weighted by Crippen LogP contribution is 2.11. The minimum atomic E-state index is -0.660. The Kier molecular flexibility index (Phi) is 2.23. The molecule has 0 saturated carbocycles. The van der Waals surface area contributed by atoms with Crippen molar-refractivity contribution in [3.63, 3.8) is 0 Å². The second kappa shape index (κ2) is 3.17. The molecular formula is C7H9NO2. The molecular weight excluding hydrogens is 130 g/mol. The van der Waals surface area contributed by atoms with E-state index in [1.165, 1.54) is 6.20 Å². The zero-order chi connectivity index (χ0) is 7.40. The van der Waals surface area contributed by atoms with E-state index in [1.54, 1.807) is 18.2 Å². The number of rotatable bonds is 2. The molecule has 1 N–H and O–H groups in total.